The SMILES string of the molecule is CC1C=Cc2c(c3ccccc3n2-c2cc(N3c4ccccc4Sc4ccccc4C3(C)C)cc(-n3c4c(c5ccccc53)C=CCC4C)c2)C1. The molecular weight excluding hydrogens is 639 g/mol. The van der Waals surface area contributed by atoms with Crippen LogP contribution in [0.4, 0.5) is 11.4 Å². The molecule has 0 saturated heterocycles. The van der Waals surface area contributed by atoms with Crippen molar-refractivity contribution in [2.45, 2.75) is 61.8 Å². The maximum atomic E-state index is 2.60. The lowest BCUT2D eigenvalue weighted by molar-refractivity contribution is 0.526. The highest BCUT2D eigenvalue weighted by Gasteiger charge is 2.37. The average Bonchev–Trinajstić information content (AvgIpc) is 3.63. The van der Waals surface area contributed by atoms with Crippen LogP contribution in [0.1, 0.15) is 68.1 Å². The van der Waals surface area contributed by atoms with Crippen LogP contribution in [0.3, 0.4) is 0 Å². The first-order chi connectivity index (χ1) is 24.9. The third-order valence-electron chi connectivity index (χ3n) is 11.4. The second kappa shape index (κ2) is 11.4. The molecule has 0 bridgehead atoms. The van der Waals surface area contributed by atoms with Crippen molar-refractivity contribution in [3.05, 3.63) is 155 Å². The third-order valence-corrected chi connectivity index (χ3v) is 12.6. The molecule has 0 N–H and O–H groups in total. The Bertz CT molecular complexity index is 2590. The molecule has 4 heteroatoms. The zero-order chi connectivity index (χ0) is 34.4. The second-order valence-corrected chi connectivity index (χ2v) is 16.2. The first-order valence-corrected chi connectivity index (χ1v) is 19.1. The van der Waals surface area contributed by atoms with E-state index in [1.54, 1.807) is 0 Å². The van der Waals surface area contributed by atoms with E-state index in [9.17, 15) is 0 Å². The summed E-state index contributed by atoms with van der Waals surface area (Å²) < 4.78 is 5.10. The molecule has 3 nitrogen and oxygen atoms in total. The molecule has 51 heavy (non-hydrogen) atoms. The molecule has 3 heterocycles. The van der Waals surface area contributed by atoms with E-state index in [1.807, 2.05) is 11.8 Å². The number of hydrogen-bond acceptors (Lipinski definition) is 2. The Labute approximate surface area is 304 Å². The maximum absolute atomic E-state index is 2.60. The van der Waals surface area contributed by atoms with Gasteiger partial charge < -0.3 is 14.0 Å². The third kappa shape index (κ3) is 4.59. The number of para-hydroxylation sites is 3. The molecule has 10 rings (SSSR count). The summed E-state index contributed by atoms with van der Waals surface area (Å²) in [5.74, 6) is 0.908. The number of allylic oxidation sites excluding steroid dienone is 2. The molecule has 2 unspecified atom stereocenters. The Morgan fingerprint density at radius 2 is 1.31 bits per heavy atom. The van der Waals surface area contributed by atoms with E-state index < -0.39 is 0 Å². The van der Waals surface area contributed by atoms with E-state index in [0.29, 0.717) is 11.8 Å². The molecule has 0 saturated carbocycles. The standard InChI is InChI=1S/C47H41N3S/c1-30-24-25-42-38(26-30)36-16-6-8-19-40(36)48(42)32-27-33(49-41-20-9-5-15-35(41)37-17-13-14-31(2)46(37)49)29-34(28-32)50-43-21-10-12-23-45(43)51-44-22-11-7-18-39(44)47(50,3)4/h5-13,15-25,27-31H,14,26H2,1-4H3. The quantitative estimate of drug-likeness (QED) is 0.184. The highest BCUT2D eigenvalue weighted by Crippen LogP contribution is 2.52. The van der Waals surface area contributed by atoms with Gasteiger partial charge in [-0.25, -0.2) is 0 Å². The number of benzene rings is 5. The fourth-order valence-electron chi connectivity index (χ4n) is 9.12. The van der Waals surface area contributed by atoms with E-state index in [0.717, 1.165) is 12.8 Å². The van der Waals surface area contributed by atoms with Gasteiger partial charge >= 0.3 is 0 Å². The second-order valence-electron chi connectivity index (χ2n) is 15.1. The lowest BCUT2D eigenvalue weighted by atomic mass is 9.90. The largest absolute Gasteiger partial charge is 0.331 e. The topological polar surface area (TPSA) is 13.1 Å². The molecule has 0 amide bonds. The molecule has 1 aliphatic heterocycles. The van der Waals surface area contributed by atoms with Crippen LogP contribution in [0, 0.1) is 5.92 Å². The molecule has 0 spiro atoms. The molecule has 5 aromatic carbocycles. The van der Waals surface area contributed by atoms with Gasteiger partial charge in [-0.2, -0.15) is 0 Å². The first kappa shape index (κ1) is 30.6. The van der Waals surface area contributed by atoms with E-state index >= 15 is 0 Å². The van der Waals surface area contributed by atoms with Crippen molar-refractivity contribution < 1.29 is 0 Å². The highest BCUT2D eigenvalue weighted by atomic mass is 32.2. The molecule has 0 radical (unpaired) electrons. The fourth-order valence-corrected chi connectivity index (χ4v) is 10.3. The smallest absolute Gasteiger partial charge is 0.0657 e. The predicted octanol–water partition coefficient (Wildman–Crippen LogP) is 12.8. The number of hydrogen-bond donors (Lipinski definition) is 0. The minimum atomic E-state index is -0.339. The van der Waals surface area contributed by atoms with Gasteiger partial charge in [-0.3, -0.25) is 0 Å². The van der Waals surface area contributed by atoms with Gasteiger partial charge in [-0.1, -0.05) is 111 Å². The van der Waals surface area contributed by atoms with Crippen LogP contribution >= 0.6 is 11.8 Å². The summed E-state index contributed by atoms with van der Waals surface area (Å²) in [7, 11) is 0. The van der Waals surface area contributed by atoms with Crippen LogP contribution in [0.2, 0.25) is 0 Å². The van der Waals surface area contributed by atoms with Crippen molar-refractivity contribution in [1.29, 1.82) is 0 Å². The molecule has 7 aromatic rings. The molecule has 2 atom stereocenters. The van der Waals surface area contributed by atoms with E-state index in [1.165, 1.54) is 82.4 Å². The average molecular weight is 680 g/mol. The molecule has 0 fully saturated rings. The van der Waals surface area contributed by atoms with Crippen molar-refractivity contribution in [3.8, 4) is 11.4 Å². The molecule has 2 aliphatic carbocycles. The molecule has 3 aliphatic rings. The summed E-state index contributed by atoms with van der Waals surface area (Å²) in [6.07, 6.45) is 11.5. The van der Waals surface area contributed by atoms with E-state index in [2.05, 4.69) is 181 Å². The van der Waals surface area contributed by atoms with Gasteiger partial charge in [0.1, 0.15) is 0 Å². The Kier molecular flexibility index (Phi) is 6.85. The number of fused-ring (bicyclic) bond motifs is 8. The Morgan fingerprint density at radius 1 is 0.667 bits per heavy atom. The van der Waals surface area contributed by atoms with Crippen LogP contribution in [-0.4, -0.2) is 9.13 Å². The molecular formula is C47H41N3S. The predicted molar refractivity (Wildman–Crippen MR) is 216 cm³/mol. The zero-order valence-corrected chi connectivity index (χ0v) is 30.4. The van der Waals surface area contributed by atoms with Crippen molar-refractivity contribution >= 4 is 57.1 Å². The van der Waals surface area contributed by atoms with E-state index in [-0.39, 0.29) is 5.54 Å². The summed E-state index contributed by atoms with van der Waals surface area (Å²) in [6, 6.07) is 43.2. The minimum Gasteiger partial charge on any atom is -0.331 e. The first-order valence-electron chi connectivity index (χ1n) is 18.3. The van der Waals surface area contributed by atoms with Crippen molar-refractivity contribution in [2.24, 2.45) is 5.92 Å². The summed E-state index contributed by atoms with van der Waals surface area (Å²) in [5.41, 5.74) is 13.8. The van der Waals surface area contributed by atoms with Crippen molar-refractivity contribution in [3.63, 3.8) is 0 Å². The number of anilines is 2. The fraction of sp³-hybridized carbons (Fsp3) is 0.191. The summed E-state index contributed by atoms with van der Waals surface area (Å²) in [6.45, 7) is 9.48. The lowest BCUT2D eigenvalue weighted by Gasteiger charge is -2.41. The number of aromatic nitrogens is 2. The van der Waals surface area contributed by atoms with Gasteiger partial charge in [-0.15, -0.1) is 0 Å². The Balaban J connectivity index is 1.32. The van der Waals surface area contributed by atoms with Gasteiger partial charge in [-0.05, 0) is 98.3 Å². The van der Waals surface area contributed by atoms with Gasteiger partial charge in [0.05, 0.1) is 33.6 Å². The minimum absolute atomic E-state index is 0.339. The van der Waals surface area contributed by atoms with Gasteiger partial charge in [0.2, 0.25) is 0 Å². The summed E-state index contributed by atoms with van der Waals surface area (Å²) >= 11 is 1.88. The van der Waals surface area contributed by atoms with Crippen molar-refractivity contribution in [2.75, 3.05) is 4.90 Å². The van der Waals surface area contributed by atoms with Gasteiger partial charge in [0, 0.05) is 49.1 Å². The Morgan fingerprint density at radius 3 is 2.14 bits per heavy atom. The van der Waals surface area contributed by atoms with Gasteiger partial charge in [0.25, 0.3) is 0 Å². The maximum Gasteiger partial charge on any atom is 0.0657 e. The zero-order valence-electron chi connectivity index (χ0n) is 29.6. The van der Waals surface area contributed by atoms with Crippen LogP contribution in [0.15, 0.2) is 137 Å². The normalized spacial score (nSPS) is 18.7. The number of nitrogens with zero attached hydrogens (tertiary/aromatic N) is 3. The summed E-state index contributed by atoms with van der Waals surface area (Å²) in [4.78, 5) is 5.18. The van der Waals surface area contributed by atoms with Crippen LogP contribution in [-0.2, 0) is 12.0 Å². The van der Waals surface area contributed by atoms with Crippen LogP contribution in [0.5, 0.6) is 0 Å². The monoisotopic (exact) mass is 679 g/mol. The van der Waals surface area contributed by atoms with Crippen molar-refractivity contribution in [1.82, 2.24) is 9.13 Å². The number of rotatable bonds is 3. The lowest BCUT2D eigenvalue weighted by Crippen LogP contribution is -2.38. The van der Waals surface area contributed by atoms with Gasteiger partial charge in [0.15, 0.2) is 0 Å². The highest BCUT2D eigenvalue weighted by molar-refractivity contribution is 7.99. The van der Waals surface area contributed by atoms with Crippen LogP contribution < -0.4 is 4.90 Å². The molecule has 250 valence electrons. The summed E-state index contributed by atoms with van der Waals surface area (Å²) in [5, 5.41) is 2.66. The van der Waals surface area contributed by atoms with Crippen LogP contribution in [0.25, 0.3) is 45.3 Å². The van der Waals surface area contributed by atoms with E-state index in [4.69, 9.17) is 0 Å². The molecule has 2 aromatic heterocycles. The Hall–Kier alpha value is -5.19.